The third-order valence-electron chi connectivity index (χ3n) is 4.48. The molecule has 1 aliphatic heterocycles. The van der Waals surface area contributed by atoms with E-state index in [1.807, 2.05) is 32.0 Å². The Kier molecular flexibility index (Phi) is 6.20. The Morgan fingerprint density at radius 3 is 2.38 bits per heavy atom. The lowest BCUT2D eigenvalue weighted by Crippen LogP contribution is -2.32. The van der Waals surface area contributed by atoms with Crippen molar-refractivity contribution in [3.63, 3.8) is 0 Å². The molecular weight excluding hydrogens is 388 g/mol. The molecule has 2 aromatic rings. The van der Waals surface area contributed by atoms with Crippen LogP contribution in [0.5, 0.6) is 0 Å². The molecule has 2 aromatic carbocycles. The number of nitrogens with zero attached hydrogens (tertiary/aromatic N) is 1. The number of hydrogen-bond donors (Lipinski definition) is 2. The molecule has 0 unspecified atom stereocenters. The minimum absolute atomic E-state index is 0.103. The van der Waals surface area contributed by atoms with Gasteiger partial charge in [0.2, 0.25) is 5.91 Å². The smallest absolute Gasteiger partial charge is 0.272 e. The molecule has 0 bridgehead atoms. The highest BCUT2D eigenvalue weighted by molar-refractivity contribution is 8.04. The highest BCUT2D eigenvalue weighted by Crippen LogP contribution is 2.39. The normalized spacial score (nSPS) is 14.0. The molecule has 29 heavy (non-hydrogen) atoms. The molecule has 3 rings (SSSR count). The maximum atomic E-state index is 13.3. The third-order valence-corrected chi connectivity index (χ3v) is 5.53. The number of carbonyl (C=O) groups excluding carboxylic acids is 3. The van der Waals surface area contributed by atoms with Crippen molar-refractivity contribution >= 4 is 46.4 Å². The van der Waals surface area contributed by atoms with Crippen LogP contribution in [0.4, 0.5) is 11.4 Å². The number of carbonyl (C=O) groups is 3. The van der Waals surface area contributed by atoms with Crippen LogP contribution in [0, 0.1) is 13.8 Å². The molecule has 0 radical (unpaired) electrons. The van der Waals surface area contributed by atoms with Crippen LogP contribution in [0.1, 0.15) is 23.6 Å². The standard InChI is InChI=1S/C22H22N2O4S/c1-13-4-5-14(2)18(12-13)24-21(27)19(20(22(24)28)29-11-10-25)16-6-8-17(9-7-16)23-15(3)26/h4-9,12,25H,10-11H2,1-3H3,(H,23,26). The number of imide groups is 1. The number of thioether (sulfide) groups is 1. The van der Waals surface area contributed by atoms with Gasteiger partial charge in [-0.25, -0.2) is 4.90 Å². The van der Waals surface area contributed by atoms with E-state index in [1.165, 1.54) is 23.6 Å². The van der Waals surface area contributed by atoms with E-state index in [-0.39, 0.29) is 18.4 Å². The molecule has 0 aliphatic carbocycles. The fourth-order valence-electron chi connectivity index (χ4n) is 3.15. The first-order chi connectivity index (χ1) is 13.8. The Balaban J connectivity index is 2.05. The van der Waals surface area contributed by atoms with E-state index in [0.29, 0.717) is 33.2 Å². The largest absolute Gasteiger partial charge is 0.396 e. The van der Waals surface area contributed by atoms with Crippen molar-refractivity contribution in [3.05, 3.63) is 64.1 Å². The summed E-state index contributed by atoms with van der Waals surface area (Å²) in [4.78, 5) is 39.2. The number of anilines is 2. The topological polar surface area (TPSA) is 86.7 Å². The quantitative estimate of drug-likeness (QED) is 0.714. The number of rotatable bonds is 6. The second-order valence-electron chi connectivity index (χ2n) is 6.77. The average Bonchev–Trinajstić information content (AvgIpc) is 2.92. The van der Waals surface area contributed by atoms with E-state index in [4.69, 9.17) is 0 Å². The molecule has 0 atom stereocenters. The summed E-state index contributed by atoms with van der Waals surface area (Å²) < 4.78 is 0. The second-order valence-corrected chi connectivity index (χ2v) is 7.88. The van der Waals surface area contributed by atoms with Crippen LogP contribution in [0.25, 0.3) is 5.57 Å². The first-order valence-electron chi connectivity index (χ1n) is 9.15. The van der Waals surface area contributed by atoms with Crippen LogP contribution < -0.4 is 10.2 Å². The van der Waals surface area contributed by atoms with Gasteiger partial charge in [0.15, 0.2) is 0 Å². The minimum Gasteiger partial charge on any atom is -0.396 e. The van der Waals surface area contributed by atoms with Crippen LogP contribution in [0.2, 0.25) is 0 Å². The predicted molar refractivity (Wildman–Crippen MR) is 116 cm³/mol. The molecule has 150 valence electrons. The predicted octanol–water partition coefficient (Wildman–Crippen LogP) is 3.27. The summed E-state index contributed by atoms with van der Waals surface area (Å²) in [6.07, 6.45) is 0. The highest BCUT2D eigenvalue weighted by Gasteiger charge is 2.40. The monoisotopic (exact) mass is 410 g/mol. The fraction of sp³-hybridized carbons (Fsp3) is 0.227. The van der Waals surface area contributed by atoms with E-state index in [1.54, 1.807) is 24.3 Å². The zero-order chi connectivity index (χ0) is 21.1. The summed E-state index contributed by atoms with van der Waals surface area (Å²) >= 11 is 1.17. The lowest BCUT2D eigenvalue weighted by molar-refractivity contribution is -0.120. The molecule has 3 amide bonds. The fourth-order valence-corrected chi connectivity index (χ4v) is 4.01. The zero-order valence-electron chi connectivity index (χ0n) is 16.5. The van der Waals surface area contributed by atoms with Crippen molar-refractivity contribution in [1.29, 1.82) is 0 Å². The van der Waals surface area contributed by atoms with Crippen molar-refractivity contribution in [3.8, 4) is 0 Å². The maximum absolute atomic E-state index is 13.3. The van der Waals surface area contributed by atoms with Crippen molar-refractivity contribution < 1.29 is 19.5 Å². The lowest BCUT2D eigenvalue weighted by atomic mass is 10.1. The number of aliphatic hydroxyl groups is 1. The molecule has 0 saturated heterocycles. The number of nitrogens with one attached hydrogen (secondary N) is 1. The molecule has 2 N–H and O–H groups in total. The Morgan fingerprint density at radius 1 is 1.07 bits per heavy atom. The maximum Gasteiger partial charge on any atom is 0.272 e. The summed E-state index contributed by atoms with van der Waals surface area (Å²) in [5.41, 5.74) is 3.84. The highest BCUT2D eigenvalue weighted by atomic mass is 32.2. The third kappa shape index (κ3) is 4.26. The van der Waals surface area contributed by atoms with Crippen LogP contribution in [-0.4, -0.2) is 35.2 Å². The molecule has 0 aromatic heterocycles. The van der Waals surface area contributed by atoms with Gasteiger partial charge in [-0.15, -0.1) is 11.8 Å². The minimum atomic E-state index is -0.392. The van der Waals surface area contributed by atoms with Gasteiger partial charge in [0.1, 0.15) is 0 Å². The average molecular weight is 410 g/mol. The van der Waals surface area contributed by atoms with E-state index < -0.39 is 5.91 Å². The Hall–Kier alpha value is -2.90. The van der Waals surface area contributed by atoms with Crippen molar-refractivity contribution in [2.75, 3.05) is 22.6 Å². The molecular formula is C22H22N2O4S. The van der Waals surface area contributed by atoms with Gasteiger partial charge in [0.05, 0.1) is 22.8 Å². The van der Waals surface area contributed by atoms with Crippen LogP contribution in [0.3, 0.4) is 0 Å². The van der Waals surface area contributed by atoms with Gasteiger partial charge in [0, 0.05) is 18.4 Å². The molecule has 1 aliphatic rings. The SMILES string of the molecule is CC(=O)Nc1ccc(C2=C(SCCO)C(=O)N(c3cc(C)ccc3C)C2=O)cc1. The number of aliphatic hydroxyl groups excluding tert-OH is 1. The zero-order valence-corrected chi connectivity index (χ0v) is 17.3. The summed E-state index contributed by atoms with van der Waals surface area (Å²) in [6, 6.07) is 12.4. The van der Waals surface area contributed by atoms with Gasteiger partial charge in [-0.05, 0) is 48.7 Å². The Morgan fingerprint density at radius 2 is 1.76 bits per heavy atom. The van der Waals surface area contributed by atoms with Crippen LogP contribution in [-0.2, 0) is 14.4 Å². The van der Waals surface area contributed by atoms with E-state index in [2.05, 4.69) is 5.32 Å². The molecule has 0 spiro atoms. The molecule has 6 nitrogen and oxygen atoms in total. The number of hydrogen-bond acceptors (Lipinski definition) is 5. The Labute approximate surface area is 173 Å². The van der Waals surface area contributed by atoms with Gasteiger partial charge in [0.25, 0.3) is 11.8 Å². The van der Waals surface area contributed by atoms with E-state index in [0.717, 1.165) is 11.1 Å². The summed E-state index contributed by atoms with van der Waals surface area (Å²) in [7, 11) is 0. The first kappa shape index (κ1) is 20.8. The van der Waals surface area contributed by atoms with Gasteiger partial charge in [-0.2, -0.15) is 0 Å². The Bertz CT molecular complexity index is 1010. The lowest BCUT2D eigenvalue weighted by Gasteiger charge is -2.18. The first-order valence-corrected chi connectivity index (χ1v) is 10.1. The molecule has 7 heteroatoms. The van der Waals surface area contributed by atoms with Gasteiger partial charge >= 0.3 is 0 Å². The van der Waals surface area contributed by atoms with Crippen molar-refractivity contribution in [1.82, 2.24) is 0 Å². The van der Waals surface area contributed by atoms with Crippen molar-refractivity contribution in [2.24, 2.45) is 0 Å². The van der Waals surface area contributed by atoms with Gasteiger partial charge in [-0.1, -0.05) is 24.3 Å². The van der Waals surface area contributed by atoms with E-state index in [9.17, 15) is 19.5 Å². The number of benzene rings is 2. The van der Waals surface area contributed by atoms with E-state index >= 15 is 0 Å². The van der Waals surface area contributed by atoms with Gasteiger partial charge in [-0.3, -0.25) is 14.4 Å². The second kappa shape index (κ2) is 8.63. The molecule has 0 saturated carbocycles. The molecule has 0 fully saturated rings. The summed E-state index contributed by atoms with van der Waals surface area (Å²) in [5, 5.41) is 11.9. The summed E-state index contributed by atoms with van der Waals surface area (Å²) in [5.74, 6) is -0.661. The summed E-state index contributed by atoms with van der Waals surface area (Å²) in [6.45, 7) is 5.08. The van der Waals surface area contributed by atoms with Crippen molar-refractivity contribution in [2.45, 2.75) is 20.8 Å². The number of aryl methyl sites for hydroxylation is 2. The number of amides is 3. The molecule has 1 heterocycles. The van der Waals surface area contributed by atoms with Gasteiger partial charge < -0.3 is 10.4 Å². The van der Waals surface area contributed by atoms with Crippen LogP contribution >= 0.6 is 11.8 Å². The van der Waals surface area contributed by atoms with Crippen LogP contribution in [0.15, 0.2) is 47.4 Å².